The third kappa shape index (κ3) is 1.63. The normalized spacial score (nSPS) is 16.9. The van der Waals surface area contributed by atoms with Crippen molar-refractivity contribution in [2.24, 2.45) is 0 Å². The van der Waals surface area contributed by atoms with Gasteiger partial charge in [0.25, 0.3) is 5.79 Å². The molecule has 0 amide bonds. The Kier molecular flexibility index (Phi) is 2.50. The van der Waals surface area contributed by atoms with Gasteiger partial charge < -0.3 is 9.47 Å². The van der Waals surface area contributed by atoms with Crippen molar-refractivity contribution in [2.45, 2.75) is 19.1 Å². The topological polar surface area (TPSA) is 18.5 Å². The van der Waals surface area contributed by atoms with Crippen LogP contribution in [0.1, 0.15) is 24.5 Å². The number of hydrogen-bond donors (Lipinski definition) is 0. The summed E-state index contributed by atoms with van der Waals surface area (Å²) in [6.07, 6.45) is 5.75. The van der Waals surface area contributed by atoms with E-state index in [2.05, 4.69) is 6.58 Å². The summed E-state index contributed by atoms with van der Waals surface area (Å²) in [7, 11) is 0. The lowest BCUT2D eigenvalue weighted by atomic mass is 10.0. The van der Waals surface area contributed by atoms with Crippen LogP contribution >= 0.6 is 0 Å². The van der Waals surface area contributed by atoms with Crippen molar-refractivity contribution in [3.05, 3.63) is 54.5 Å². The molecular weight excluding hydrogens is 188 g/mol. The first-order chi connectivity index (χ1) is 7.30. The lowest BCUT2D eigenvalue weighted by molar-refractivity contribution is -0.151. The molecule has 0 saturated heterocycles. The lowest BCUT2D eigenvalue weighted by Gasteiger charge is -2.26. The molecule has 78 valence electrons. The van der Waals surface area contributed by atoms with E-state index in [0.717, 1.165) is 17.5 Å². The molecule has 0 fully saturated rings. The minimum Gasteiger partial charge on any atom is -0.453 e. The molecule has 0 bridgehead atoms. The molecule has 0 unspecified atom stereocenters. The SMILES string of the molecule is C=Cc1cccc(C2(CC)OC=CO2)c1. The van der Waals surface area contributed by atoms with Gasteiger partial charge in [-0.15, -0.1) is 0 Å². The molecule has 15 heavy (non-hydrogen) atoms. The highest BCUT2D eigenvalue weighted by molar-refractivity contribution is 5.48. The van der Waals surface area contributed by atoms with E-state index in [1.165, 1.54) is 0 Å². The molecule has 1 aromatic carbocycles. The first-order valence-electron chi connectivity index (χ1n) is 5.04. The van der Waals surface area contributed by atoms with Crippen molar-refractivity contribution in [2.75, 3.05) is 0 Å². The van der Waals surface area contributed by atoms with E-state index in [1.54, 1.807) is 12.5 Å². The first kappa shape index (κ1) is 9.84. The summed E-state index contributed by atoms with van der Waals surface area (Å²) in [5.74, 6) is -0.640. The molecule has 1 aliphatic heterocycles. The van der Waals surface area contributed by atoms with Gasteiger partial charge in [-0.2, -0.15) is 0 Å². The predicted molar refractivity (Wildman–Crippen MR) is 59.8 cm³/mol. The van der Waals surface area contributed by atoms with Crippen LogP contribution in [0.3, 0.4) is 0 Å². The van der Waals surface area contributed by atoms with E-state index in [1.807, 2.05) is 37.3 Å². The van der Waals surface area contributed by atoms with Crippen molar-refractivity contribution < 1.29 is 9.47 Å². The van der Waals surface area contributed by atoms with Gasteiger partial charge in [-0.1, -0.05) is 37.8 Å². The van der Waals surface area contributed by atoms with E-state index in [4.69, 9.17) is 9.47 Å². The van der Waals surface area contributed by atoms with Crippen molar-refractivity contribution in [1.82, 2.24) is 0 Å². The van der Waals surface area contributed by atoms with Crippen molar-refractivity contribution in [1.29, 1.82) is 0 Å². The average Bonchev–Trinajstić information content (AvgIpc) is 2.79. The molecule has 0 N–H and O–H groups in total. The van der Waals surface area contributed by atoms with E-state index < -0.39 is 5.79 Å². The Morgan fingerprint density at radius 2 is 2.07 bits per heavy atom. The van der Waals surface area contributed by atoms with E-state index in [9.17, 15) is 0 Å². The molecule has 1 aromatic rings. The van der Waals surface area contributed by atoms with Crippen LogP contribution in [0.15, 0.2) is 43.4 Å². The van der Waals surface area contributed by atoms with Gasteiger partial charge >= 0.3 is 0 Å². The fourth-order valence-corrected chi connectivity index (χ4v) is 1.71. The Hall–Kier alpha value is -1.70. The second-order valence-electron chi connectivity index (χ2n) is 3.44. The van der Waals surface area contributed by atoms with Crippen LogP contribution in [0.2, 0.25) is 0 Å². The first-order valence-corrected chi connectivity index (χ1v) is 5.04. The highest BCUT2D eigenvalue weighted by Gasteiger charge is 2.35. The smallest absolute Gasteiger partial charge is 0.276 e. The third-order valence-electron chi connectivity index (χ3n) is 2.60. The molecule has 0 saturated carbocycles. The largest absolute Gasteiger partial charge is 0.453 e. The summed E-state index contributed by atoms with van der Waals surface area (Å²) < 4.78 is 11.1. The minimum atomic E-state index is -0.640. The Balaban J connectivity index is 2.38. The zero-order valence-corrected chi connectivity index (χ0v) is 8.77. The van der Waals surface area contributed by atoms with Crippen molar-refractivity contribution in [3.8, 4) is 0 Å². The van der Waals surface area contributed by atoms with Gasteiger partial charge in [-0.05, 0) is 11.6 Å². The number of hydrogen-bond acceptors (Lipinski definition) is 2. The molecule has 1 aliphatic rings. The van der Waals surface area contributed by atoms with Crippen molar-refractivity contribution >= 4 is 6.08 Å². The van der Waals surface area contributed by atoms with Gasteiger partial charge in [0.1, 0.15) is 12.5 Å². The quantitative estimate of drug-likeness (QED) is 0.747. The van der Waals surface area contributed by atoms with E-state index in [-0.39, 0.29) is 0 Å². The van der Waals surface area contributed by atoms with Gasteiger partial charge in [-0.25, -0.2) is 0 Å². The number of benzene rings is 1. The monoisotopic (exact) mass is 202 g/mol. The summed E-state index contributed by atoms with van der Waals surface area (Å²) in [5, 5.41) is 0. The zero-order valence-electron chi connectivity index (χ0n) is 8.77. The molecule has 0 aliphatic carbocycles. The average molecular weight is 202 g/mol. The molecular formula is C13H14O2. The van der Waals surface area contributed by atoms with Gasteiger partial charge in [0.15, 0.2) is 0 Å². The molecule has 0 aromatic heterocycles. The van der Waals surface area contributed by atoms with Gasteiger partial charge in [0, 0.05) is 12.0 Å². The highest BCUT2D eigenvalue weighted by atomic mass is 16.7. The van der Waals surface area contributed by atoms with E-state index in [0.29, 0.717) is 0 Å². The Labute approximate surface area is 89.8 Å². The molecule has 0 spiro atoms. The molecule has 2 heteroatoms. The maximum absolute atomic E-state index is 5.54. The predicted octanol–water partition coefficient (Wildman–Crippen LogP) is 3.41. The van der Waals surface area contributed by atoms with Crippen LogP contribution < -0.4 is 0 Å². The number of rotatable bonds is 3. The standard InChI is InChI=1S/C13H14O2/c1-3-11-6-5-7-12(10-11)13(4-2)14-8-9-15-13/h3,5-10H,1,4H2,2H3. The van der Waals surface area contributed by atoms with E-state index >= 15 is 0 Å². The van der Waals surface area contributed by atoms with Crippen LogP contribution in [0.25, 0.3) is 6.08 Å². The molecule has 0 atom stereocenters. The molecule has 0 radical (unpaired) electrons. The van der Waals surface area contributed by atoms with Crippen LogP contribution in [0.4, 0.5) is 0 Å². The minimum absolute atomic E-state index is 0.640. The fourth-order valence-electron chi connectivity index (χ4n) is 1.71. The highest BCUT2D eigenvalue weighted by Crippen LogP contribution is 2.35. The summed E-state index contributed by atoms with van der Waals surface area (Å²) >= 11 is 0. The maximum Gasteiger partial charge on any atom is 0.276 e. The zero-order chi connectivity index (χ0) is 10.7. The summed E-state index contributed by atoms with van der Waals surface area (Å²) in [5.41, 5.74) is 2.09. The summed E-state index contributed by atoms with van der Waals surface area (Å²) in [6.45, 7) is 5.79. The van der Waals surface area contributed by atoms with Gasteiger partial charge in [0.2, 0.25) is 0 Å². The van der Waals surface area contributed by atoms with Crippen LogP contribution in [-0.2, 0) is 15.3 Å². The lowest BCUT2D eigenvalue weighted by Crippen LogP contribution is -2.25. The third-order valence-corrected chi connectivity index (χ3v) is 2.60. The second kappa shape index (κ2) is 3.81. The molecule has 1 heterocycles. The summed E-state index contributed by atoms with van der Waals surface area (Å²) in [6, 6.07) is 8.02. The Morgan fingerprint density at radius 3 is 2.67 bits per heavy atom. The van der Waals surface area contributed by atoms with Gasteiger partial charge in [0.05, 0.1) is 0 Å². The van der Waals surface area contributed by atoms with Gasteiger partial charge in [-0.3, -0.25) is 0 Å². The van der Waals surface area contributed by atoms with Crippen LogP contribution in [0.5, 0.6) is 0 Å². The van der Waals surface area contributed by atoms with Crippen LogP contribution in [-0.4, -0.2) is 0 Å². The molecule has 2 rings (SSSR count). The number of ether oxygens (including phenoxy) is 2. The Bertz CT molecular complexity index is 385. The van der Waals surface area contributed by atoms with Crippen molar-refractivity contribution in [3.63, 3.8) is 0 Å². The van der Waals surface area contributed by atoms with Crippen LogP contribution in [0, 0.1) is 0 Å². The molecule has 2 nitrogen and oxygen atoms in total. The maximum atomic E-state index is 5.54. The Morgan fingerprint density at radius 1 is 1.33 bits per heavy atom. The fraction of sp³-hybridized carbons (Fsp3) is 0.231. The second-order valence-corrected chi connectivity index (χ2v) is 3.44. The summed E-state index contributed by atoms with van der Waals surface area (Å²) in [4.78, 5) is 0.